The second-order valence-corrected chi connectivity index (χ2v) is 6.27. The van der Waals surface area contributed by atoms with Gasteiger partial charge in [-0.05, 0) is 63.7 Å². The first-order chi connectivity index (χ1) is 9.63. The van der Waals surface area contributed by atoms with Gasteiger partial charge in [0, 0.05) is 24.7 Å². The van der Waals surface area contributed by atoms with Crippen molar-refractivity contribution in [2.45, 2.75) is 12.8 Å². The van der Waals surface area contributed by atoms with E-state index in [0.29, 0.717) is 0 Å². The van der Waals surface area contributed by atoms with E-state index in [1.807, 2.05) is 24.3 Å². The molecule has 4 heteroatoms. The van der Waals surface area contributed by atoms with Crippen molar-refractivity contribution in [3.05, 3.63) is 29.3 Å². The molecule has 20 heavy (non-hydrogen) atoms. The molecule has 1 saturated heterocycles. The summed E-state index contributed by atoms with van der Waals surface area (Å²) < 4.78 is 5.73. The van der Waals surface area contributed by atoms with Gasteiger partial charge in [-0.2, -0.15) is 0 Å². The number of halogens is 1. The summed E-state index contributed by atoms with van der Waals surface area (Å²) in [7, 11) is 4.40. The molecule has 1 aliphatic rings. The molecule has 1 fully saturated rings. The number of rotatable bonds is 6. The average Bonchev–Trinajstić information content (AvgIpc) is 2.41. The largest absolute Gasteiger partial charge is 0.492 e. The molecule has 0 radical (unpaired) electrons. The van der Waals surface area contributed by atoms with Gasteiger partial charge in [0.15, 0.2) is 0 Å². The van der Waals surface area contributed by atoms with Crippen LogP contribution in [-0.4, -0.2) is 56.7 Å². The molecular weight excluding hydrogens is 272 g/mol. The molecule has 3 nitrogen and oxygen atoms in total. The summed E-state index contributed by atoms with van der Waals surface area (Å²) in [5.74, 6) is 1.69. The fourth-order valence-corrected chi connectivity index (χ4v) is 2.93. The lowest BCUT2D eigenvalue weighted by Crippen LogP contribution is -2.39. The van der Waals surface area contributed by atoms with Crippen LogP contribution in [0, 0.1) is 5.92 Å². The van der Waals surface area contributed by atoms with E-state index >= 15 is 0 Å². The van der Waals surface area contributed by atoms with Crippen LogP contribution in [0.15, 0.2) is 24.3 Å². The Hall–Kier alpha value is -0.770. The third kappa shape index (κ3) is 5.31. The predicted molar refractivity (Wildman–Crippen MR) is 84.7 cm³/mol. The zero-order chi connectivity index (χ0) is 14.4. The molecule has 1 heterocycles. The molecule has 0 aromatic heterocycles. The third-order valence-electron chi connectivity index (χ3n) is 3.85. The van der Waals surface area contributed by atoms with Crippen molar-refractivity contribution in [3.63, 3.8) is 0 Å². The first-order valence-electron chi connectivity index (χ1n) is 7.39. The van der Waals surface area contributed by atoms with Crippen molar-refractivity contribution in [1.82, 2.24) is 9.80 Å². The number of likely N-dealkylation sites (tertiary alicyclic amines) is 1. The zero-order valence-electron chi connectivity index (χ0n) is 12.5. The Morgan fingerprint density at radius 3 is 2.80 bits per heavy atom. The lowest BCUT2D eigenvalue weighted by Gasteiger charge is -2.32. The van der Waals surface area contributed by atoms with Crippen molar-refractivity contribution in [2.75, 3.05) is 46.9 Å². The molecule has 0 aliphatic carbocycles. The number of likely N-dealkylation sites (N-methyl/N-ethyl adjacent to an activating group) is 1. The predicted octanol–water partition coefficient (Wildman–Crippen LogP) is 2.99. The molecule has 1 aliphatic heterocycles. The highest BCUT2D eigenvalue weighted by Gasteiger charge is 2.18. The van der Waals surface area contributed by atoms with Gasteiger partial charge in [0.05, 0.1) is 0 Å². The number of nitrogens with zero attached hydrogens (tertiary/aromatic N) is 2. The highest BCUT2D eigenvalue weighted by Crippen LogP contribution is 2.17. The molecule has 1 unspecified atom stereocenters. The Kier molecular flexibility index (Phi) is 6.14. The normalized spacial score (nSPS) is 20.3. The Bertz CT molecular complexity index is 396. The van der Waals surface area contributed by atoms with Crippen LogP contribution in [0.1, 0.15) is 12.8 Å². The zero-order valence-corrected chi connectivity index (χ0v) is 13.3. The van der Waals surface area contributed by atoms with Gasteiger partial charge < -0.3 is 14.5 Å². The summed E-state index contributed by atoms with van der Waals surface area (Å²) in [6.45, 7) is 5.32. The molecule has 1 aromatic rings. The summed E-state index contributed by atoms with van der Waals surface area (Å²) in [5, 5.41) is 0.746. The van der Waals surface area contributed by atoms with Gasteiger partial charge in [-0.1, -0.05) is 11.6 Å². The topological polar surface area (TPSA) is 15.7 Å². The van der Waals surface area contributed by atoms with Gasteiger partial charge in [0.2, 0.25) is 0 Å². The Morgan fingerprint density at radius 2 is 2.10 bits per heavy atom. The van der Waals surface area contributed by atoms with Crippen molar-refractivity contribution < 1.29 is 4.74 Å². The van der Waals surface area contributed by atoms with Crippen LogP contribution >= 0.6 is 11.6 Å². The van der Waals surface area contributed by atoms with Crippen LogP contribution < -0.4 is 4.74 Å². The first-order valence-corrected chi connectivity index (χ1v) is 7.77. The number of ether oxygens (including phenoxy) is 1. The standard InChI is InChI=1S/C16H25ClN2O/c1-18-9-3-4-14(12-18)13-19(2)10-11-20-16-7-5-15(17)6-8-16/h5-8,14H,3-4,9-13H2,1-2H3. The summed E-state index contributed by atoms with van der Waals surface area (Å²) in [6, 6.07) is 7.55. The van der Waals surface area contributed by atoms with Gasteiger partial charge in [-0.3, -0.25) is 0 Å². The molecular formula is C16H25ClN2O. The van der Waals surface area contributed by atoms with Crippen molar-refractivity contribution >= 4 is 11.6 Å². The minimum atomic E-state index is 0.723. The molecule has 112 valence electrons. The van der Waals surface area contributed by atoms with Gasteiger partial charge >= 0.3 is 0 Å². The number of hydrogen-bond acceptors (Lipinski definition) is 3. The van der Waals surface area contributed by atoms with Crippen molar-refractivity contribution in [3.8, 4) is 5.75 Å². The lowest BCUT2D eigenvalue weighted by atomic mass is 9.98. The molecule has 0 N–H and O–H groups in total. The van der Waals surface area contributed by atoms with Gasteiger partial charge in [-0.25, -0.2) is 0 Å². The monoisotopic (exact) mass is 296 g/mol. The molecule has 0 saturated carbocycles. The summed E-state index contributed by atoms with van der Waals surface area (Å²) in [6.07, 6.45) is 2.68. The Balaban J connectivity index is 1.64. The average molecular weight is 297 g/mol. The first kappa shape index (κ1) is 15.6. The van der Waals surface area contributed by atoms with Crippen molar-refractivity contribution in [1.29, 1.82) is 0 Å². The Morgan fingerprint density at radius 1 is 1.35 bits per heavy atom. The van der Waals surface area contributed by atoms with Crippen LogP contribution in [0.4, 0.5) is 0 Å². The van der Waals surface area contributed by atoms with E-state index in [9.17, 15) is 0 Å². The molecule has 0 spiro atoms. The fraction of sp³-hybridized carbons (Fsp3) is 0.625. The van der Waals surface area contributed by atoms with E-state index < -0.39 is 0 Å². The van der Waals surface area contributed by atoms with Crippen LogP contribution in [0.3, 0.4) is 0 Å². The summed E-state index contributed by atoms with van der Waals surface area (Å²) in [5.41, 5.74) is 0. The van der Waals surface area contributed by atoms with Gasteiger partial charge in [0.25, 0.3) is 0 Å². The molecule has 1 atom stereocenters. The van der Waals surface area contributed by atoms with E-state index in [2.05, 4.69) is 23.9 Å². The molecule has 0 amide bonds. The van der Waals surface area contributed by atoms with Gasteiger partial charge in [0.1, 0.15) is 12.4 Å². The van der Waals surface area contributed by atoms with E-state index in [-0.39, 0.29) is 0 Å². The highest BCUT2D eigenvalue weighted by atomic mass is 35.5. The minimum Gasteiger partial charge on any atom is -0.492 e. The maximum atomic E-state index is 5.85. The third-order valence-corrected chi connectivity index (χ3v) is 4.10. The summed E-state index contributed by atoms with van der Waals surface area (Å²) >= 11 is 5.85. The van der Waals surface area contributed by atoms with Crippen LogP contribution in [0.5, 0.6) is 5.75 Å². The van der Waals surface area contributed by atoms with Crippen molar-refractivity contribution in [2.24, 2.45) is 5.92 Å². The van der Waals surface area contributed by atoms with Crippen LogP contribution in [0.2, 0.25) is 5.02 Å². The smallest absolute Gasteiger partial charge is 0.119 e. The molecule has 1 aromatic carbocycles. The maximum Gasteiger partial charge on any atom is 0.119 e. The highest BCUT2D eigenvalue weighted by molar-refractivity contribution is 6.30. The molecule has 0 bridgehead atoms. The SMILES string of the molecule is CN1CCCC(CN(C)CCOc2ccc(Cl)cc2)C1. The fourth-order valence-electron chi connectivity index (χ4n) is 2.80. The van der Waals surface area contributed by atoms with E-state index in [1.54, 1.807) is 0 Å². The Labute approximate surface area is 127 Å². The maximum absolute atomic E-state index is 5.85. The number of benzene rings is 1. The summed E-state index contributed by atoms with van der Waals surface area (Å²) in [4.78, 5) is 4.81. The quantitative estimate of drug-likeness (QED) is 0.803. The van der Waals surface area contributed by atoms with E-state index in [0.717, 1.165) is 36.4 Å². The van der Waals surface area contributed by atoms with E-state index in [4.69, 9.17) is 16.3 Å². The number of hydrogen-bond donors (Lipinski definition) is 0. The number of piperidine rings is 1. The molecule has 2 rings (SSSR count). The van der Waals surface area contributed by atoms with Crippen LogP contribution in [0.25, 0.3) is 0 Å². The second kappa shape index (κ2) is 7.87. The lowest BCUT2D eigenvalue weighted by molar-refractivity contribution is 0.154. The minimum absolute atomic E-state index is 0.723. The van der Waals surface area contributed by atoms with Gasteiger partial charge in [-0.15, -0.1) is 0 Å². The van der Waals surface area contributed by atoms with Crippen LogP contribution in [-0.2, 0) is 0 Å². The second-order valence-electron chi connectivity index (χ2n) is 5.84. The van der Waals surface area contributed by atoms with E-state index in [1.165, 1.54) is 25.9 Å².